The van der Waals surface area contributed by atoms with Crippen LogP contribution in [-0.2, 0) is 26.2 Å². The first-order chi connectivity index (χ1) is 18.1. The van der Waals surface area contributed by atoms with Crippen LogP contribution in [0.2, 0.25) is 10.0 Å². The van der Waals surface area contributed by atoms with Gasteiger partial charge in [-0.3, -0.25) is 13.9 Å². The number of rotatable bonds is 11. The van der Waals surface area contributed by atoms with E-state index < -0.39 is 28.5 Å². The average Bonchev–Trinajstić information content (AvgIpc) is 2.92. The molecule has 1 atom stereocenters. The fourth-order valence-electron chi connectivity index (χ4n) is 3.78. The highest BCUT2D eigenvalue weighted by atomic mass is 35.5. The molecule has 202 valence electrons. The number of carbonyl (C=O) groups excluding carboxylic acids is 2. The van der Waals surface area contributed by atoms with E-state index in [4.69, 9.17) is 27.9 Å². The van der Waals surface area contributed by atoms with E-state index in [2.05, 4.69) is 5.32 Å². The Morgan fingerprint density at radius 1 is 1.00 bits per heavy atom. The van der Waals surface area contributed by atoms with Gasteiger partial charge in [0.25, 0.3) is 10.0 Å². The fourth-order valence-corrected chi connectivity index (χ4v) is 5.66. The summed E-state index contributed by atoms with van der Waals surface area (Å²) in [5, 5.41) is 3.06. The van der Waals surface area contributed by atoms with Crippen LogP contribution in [0.4, 0.5) is 5.69 Å². The summed E-state index contributed by atoms with van der Waals surface area (Å²) in [6.07, 6.45) is 0. The number of hydrogen-bond donors (Lipinski definition) is 1. The predicted octanol–water partition coefficient (Wildman–Crippen LogP) is 4.75. The maximum absolute atomic E-state index is 13.8. The second-order valence-corrected chi connectivity index (χ2v) is 11.1. The van der Waals surface area contributed by atoms with Gasteiger partial charge in [-0.2, -0.15) is 0 Å². The number of likely N-dealkylation sites (N-methyl/N-ethyl adjacent to an activating group) is 1. The fraction of sp³-hybridized carbons (Fsp3) is 0.259. The van der Waals surface area contributed by atoms with Crippen molar-refractivity contribution in [3.05, 3.63) is 88.4 Å². The van der Waals surface area contributed by atoms with Crippen molar-refractivity contribution in [2.45, 2.75) is 31.3 Å². The maximum atomic E-state index is 13.8. The number of carbonyl (C=O) groups is 2. The molecule has 0 saturated heterocycles. The molecule has 38 heavy (non-hydrogen) atoms. The Morgan fingerprint density at radius 2 is 1.71 bits per heavy atom. The monoisotopic (exact) mass is 577 g/mol. The Labute approximate surface area is 233 Å². The summed E-state index contributed by atoms with van der Waals surface area (Å²) in [5.41, 5.74) is 0.746. The molecule has 0 heterocycles. The first kappa shape index (κ1) is 29.3. The standard InChI is InChI=1S/C27H29Cl2N3O5S/c1-4-30-27(34)19(2)31(17-20-9-8-10-22(15-20)37-3)26(33)18-32(25-16-21(28)13-14-24(25)29)38(35,36)23-11-6-5-7-12-23/h5-16,19H,4,17-18H2,1-3H3,(H,30,34)/t19-/m0/s1. The highest BCUT2D eigenvalue weighted by Crippen LogP contribution is 2.33. The number of halogens is 2. The smallest absolute Gasteiger partial charge is 0.264 e. The van der Waals surface area contributed by atoms with E-state index >= 15 is 0 Å². The minimum atomic E-state index is -4.24. The number of nitrogens with one attached hydrogen (secondary N) is 1. The Bertz CT molecular complexity index is 1390. The molecule has 0 aliphatic heterocycles. The van der Waals surface area contributed by atoms with Gasteiger partial charge in [0, 0.05) is 18.1 Å². The van der Waals surface area contributed by atoms with E-state index in [-0.39, 0.29) is 33.1 Å². The Kier molecular flexibility index (Phi) is 10.0. The van der Waals surface area contributed by atoms with Gasteiger partial charge in [0.05, 0.1) is 22.7 Å². The van der Waals surface area contributed by atoms with Gasteiger partial charge in [-0.25, -0.2) is 8.42 Å². The molecule has 0 fully saturated rings. The van der Waals surface area contributed by atoms with Crippen LogP contribution in [0.15, 0.2) is 77.7 Å². The summed E-state index contributed by atoms with van der Waals surface area (Å²) in [6.45, 7) is 3.15. The van der Waals surface area contributed by atoms with Crippen molar-refractivity contribution >= 4 is 50.7 Å². The first-order valence-electron chi connectivity index (χ1n) is 11.8. The second-order valence-electron chi connectivity index (χ2n) is 8.36. The second kappa shape index (κ2) is 13.0. The summed E-state index contributed by atoms with van der Waals surface area (Å²) >= 11 is 12.6. The molecule has 8 nitrogen and oxygen atoms in total. The summed E-state index contributed by atoms with van der Waals surface area (Å²) in [4.78, 5) is 27.9. The highest BCUT2D eigenvalue weighted by molar-refractivity contribution is 7.92. The lowest BCUT2D eigenvalue weighted by molar-refractivity contribution is -0.139. The molecule has 11 heteroatoms. The van der Waals surface area contributed by atoms with E-state index in [1.54, 1.807) is 56.3 Å². The van der Waals surface area contributed by atoms with Gasteiger partial charge in [-0.15, -0.1) is 0 Å². The number of sulfonamides is 1. The molecule has 3 rings (SSSR count). The third-order valence-electron chi connectivity index (χ3n) is 5.79. The molecule has 3 aromatic carbocycles. The van der Waals surface area contributed by atoms with E-state index in [0.717, 1.165) is 4.31 Å². The van der Waals surface area contributed by atoms with E-state index in [1.807, 2.05) is 0 Å². The normalized spacial score (nSPS) is 11.9. The van der Waals surface area contributed by atoms with Crippen molar-refractivity contribution in [2.24, 2.45) is 0 Å². The zero-order valence-corrected chi connectivity index (χ0v) is 23.6. The summed E-state index contributed by atoms with van der Waals surface area (Å²) in [5.74, 6) is -0.399. The number of amides is 2. The molecule has 0 aliphatic rings. The zero-order chi connectivity index (χ0) is 27.9. The van der Waals surface area contributed by atoms with E-state index in [1.165, 1.54) is 42.3 Å². The largest absolute Gasteiger partial charge is 0.497 e. The van der Waals surface area contributed by atoms with Crippen LogP contribution < -0.4 is 14.4 Å². The van der Waals surface area contributed by atoms with Crippen molar-refractivity contribution in [2.75, 3.05) is 24.5 Å². The van der Waals surface area contributed by atoms with E-state index in [9.17, 15) is 18.0 Å². The number of ether oxygens (including phenoxy) is 1. The molecule has 0 bridgehead atoms. The van der Waals surface area contributed by atoms with Crippen LogP contribution >= 0.6 is 23.2 Å². The molecule has 3 aromatic rings. The Balaban J connectivity index is 2.06. The van der Waals surface area contributed by atoms with Crippen LogP contribution in [0.5, 0.6) is 5.75 Å². The van der Waals surface area contributed by atoms with Crippen LogP contribution in [-0.4, -0.2) is 51.4 Å². The number of anilines is 1. The van der Waals surface area contributed by atoms with Crippen LogP contribution in [0.25, 0.3) is 0 Å². The molecular weight excluding hydrogens is 549 g/mol. The van der Waals surface area contributed by atoms with Crippen LogP contribution in [0.3, 0.4) is 0 Å². The van der Waals surface area contributed by atoms with Gasteiger partial charge in [-0.1, -0.05) is 53.5 Å². The molecule has 1 N–H and O–H groups in total. The van der Waals surface area contributed by atoms with Crippen molar-refractivity contribution in [1.82, 2.24) is 10.2 Å². The van der Waals surface area contributed by atoms with Gasteiger partial charge in [0.2, 0.25) is 11.8 Å². The Morgan fingerprint density at radius 3 is 2.37 bits per heavy atom. The highest BCUT2D eigenvalue weighted by Gasteiger charge is 2.33. The quantitative estimate of drug-likeness (QED) is 0.354. The van der Waals surface area contributed by atoms with Gasteiger partial charge in [0.1, 0.15) is 18.3 Å². The number of hydrogen-bond acceptors (Lipinski definition) is 5. The maximum Gasteiger partial charge on any atom is 0.264 e. The van der Waals surface area contributed by atoms with Crippen LogP contribution in [0, 0.1) is 0 Å². The molecule has 0 unspecified atom stereocenters. The summed E-state index contributed by atoms with van der Waals surface area (Å²) < 4.78 is 33.7. The van der Waals surface area contributed by atoms with Crippen LogP contribution in [0.1, 0.15) is 19.4 Å². The lowest BCUT2D eigenvalue weighted by Crippen LogP contribution is -2.51. The average molecular weight is 579 g/mol. The third kappa shape index (κ3) is 6.98. The van der Waals surface area contributed by atoms with Crippen molar-refractivity contribution in [3.8, 4) is 5.75 Å². The molecule has 0 saturated carbocycles. The number of nitrogens with zero attached hydrogens (tertiary/aromatic N) is 2. The lowest BCUT2D eigenvalue weighted by atomic mass is 10.1. The number of benzene rings is 3. The summed E-state index contributed by atoms with van der Waals surface area (Å²) in [6, 6.07) is 18.2. The first-order valence-corrected chi connectivity index (χ1v) is 14.0. The van der Waals surface area contributed by atoms with Gasteiger partial charge in [-0.05, 0) is 61.9 Å². The van der Waals surface area contributed by atoms with Crippen molar-refractivity contribution < 1.29 is 22.7 Å². The van der Waals surface area contributed by atoms with E-state index in [0.29, 0.717) is 17.9 Å². The number of methoxy groups -OCH3 is 1. The molecule has 0 spiro atoms. The molecule has 2 amide bonds. The van der Waals surface area contributed by atoms with Crippen molar-refractivity contribution in [1.29, 1.82) is 0 Å². The minimum Gasteiger partial charge on any atom is -0.497 e. The Hall–Kier alpha value is -3.27. The topological polar surface area (TPSA) is 96.0 Å². The SMILES string of the molecule is CCNC(=O)[C@H](C)N(Cc1cccc(OC)c1)C(=O)CN(c1cc(Cl)ccc1Cl)S(=O)(=O)c1ccccc1. The zero-order valence-electron chi connectivity index (χ0n) is 21.2. The minimum absolute atomic E-state index is 0.0278. The molecule has 0 radical (unpaired) electrons. The third-order valence-corrected chi connectivity index (χ3v) is 8.12. The van der Waals surface area contributed by atoms with Gasteiger partial charge >= 0.3 is 0 Å². The molecule has 0 aliphatic carbocycles. The van der Waals surface area contributed by atoms with Gasteiger partial charge in [0.15, 0.2) is 0 Å². The van der Waals surface area contributed by atoms with Crippen molar-refractivity contribution in [3.63, 3.8) is 0 Å². The molecule has 0 aromatic heterocycles. The molecular formula is C27H29Cl2N3O5S. The van der Waals surface area contributed by atoms with Gasteiger partial charge < -0.3 is 15.0 Å². The predicted molar refractivity (Wildman–Crippen MR) is 149 cm³/mol. The lowest BCUT2D eigenvalue weighted by Gasteiger charge is -2.32. The summed E-state index contributed by atoms with van der Waals surface area (Å²) in [7, 11) is -2.71.